The van der Waals surface area contributed by atoms with Crippen LogP contribution in [0.2, 0.25) is 0 Å². The zero-order valence-electron chi connectivity index (χ0n) is 17.0. The van der Waals surface area contributed by atoms with Crippen molar-refractivity contribution >= 4 is 28.3 Å². The first kappa shape index (κ1) is 20.6. The summed E-state index contributed by atoms with van der Waals surface area (Å²) < 4.78 is 5.67. The molecule has 150 valence electrons. The molecule has 0 saturated carbocycles. The van der Waals surface area contributed by atoms with E-state index >= 15 is 0 Å². The summed E-state index contributed by atoms with van der Waals surface area (Å²) in [5, 5.41) is 4.79. The number of anilines is 1. The van der Waals surface area contributed by atoms with Crippen molar-refractivity contribution in [3.05, 3.63) is 72.3 Å². The lowest BCUT2D eigenvalue weighted by atomic mass is 10.00. The summed E-state index contributed by atoms with van der Waals surface area (Å²) in [4.78, 5) is 25.5. The van der Waals surface area contributed by atoms with Crippen LogP contribution in [0.15, 0.2) is 66.7 Å². The normalized spacial score (nSPS) is 11.8. The maximum Gasteiger partial charge on any atom is 0.314 e. The van der Waals surface area contributed by atoms with E-state index in [-0.39, 0.29) is 17.8 Å². The van der Waals surface area contributed by atoms with Crippen LogP contribution in [0.4, 0.5) is 5.69 Å². The molecule has 0 bridgehead atoms. The van der Waals surface area contributed by atoms with Crippen molar-refractivity contribution in [2.24, 2.45) is 5.92 Å². The highest BCUT2D eigenvalue weighted by atomic mass is 16.5. The van der Waals surface area contributed by atoms with E-state index in [4.69, 9.17) is 4.74 Å². The fourth-order valence-electron chi connectivity index (χ4n) is 3.40. The lowest BCUT2D eigenvalue weighted by Crippen LogP contribution is -2.21. The van der Waals surface area contributed by atoms with E-state index in [1.807, 2.05) is 49.4 Å². The van der Waals surface area contributed by atoms with Crippen molar-refractivity contribution in [1.29, 1.82) is 0 Å². The lowest BCUT2D eigenvalue weighted by molar-refractivity contribution is -0.139. The van der Waals surface area contributed by atoms with E-state index in [1.165, 1.54) is 0 Å². The van der Waals surface area contributed by atoms with Gasteiger partial charge in [0.05, 0.1) is 11.6 Å². The van der Waals surface area contributed by atoms with Gasteiger partial charge in [-0.25, -0.2) is 0 Å². The van der Waals surface area contributed by atoms with E-state index < -0.39 is 0 Å². The highest BCUT2D eigenvalue weighted by molar-refractivity contribution is 6.13. The number of rotatable bonds is 8. The number of carbonyl (C=O) groups excluding carboxylic acids is 2. The monoisotopic (exact) mass is 389 g/mol. The van der Waals surface area contributed by atoms with Crippen molar-refractivity contribution in [2.45, 2.75) is 39.5 Å². The van der Waals surface area contributed by atoms with Gasteiger partial charge in [0.15, 0.2) is 5.75 Å². The third-order valence-electron chi connectivity index (χ3n) is 5.11. The fraction of sp³-hybridized carbons (Fsp3) is 0.280. The molecule has 0 radical (unpaired) electrons. The molecule has 0 fully saturated rings. The number of fused-ring (bicyclic) bond motifs is 1. The predicted molar refractivity (Wildman–Crippen MR) is 117 cm³/mol. The number of esters is 1. The number of hydrogen-bond donors (Lipinski definition) is 1. The molecule has 29 heavy (non-hydrogen) atoms. The lowest BCUT2D eigenvalue weighted by Gasteiger charge is -2.16. The molecule has 0 aliphatic carbocycles. The van der Waals surface area contributed by atoms with Crippen LogP contribution in [0, 0.1) is 5.92 Å². The standard InChI is InChI=1S/C25H27NO3/c1-3-5-11-18(4-2)25(28)29-23-17-9-8-16-22(23)26-24(27)21-15-10-13-19-12-6-7-14-20(19)21/h6-10,12-18H,3-5,11H2,1-2H3,(H,26,27)/t18-/m0/s1. The van der Waals surface area contributed by atoms with Crippen LogP contribution in [-0.2, 0) is 4.79 Å². The van der Waals surface area contributed by atoms with Crippen LogP contribution < -0.4 is 10.1 Å². The molecular weight excluding hydrogens is 362 g/mol. The smallest absolute Gasteiger partial charge is 0.314 e. The molecule has 3 aromatic carbocycles. The second kappa shape index (κ2) is 9.87. The summed E-state index contributed by atoms with van der Waals surface area (Å²) in [5.41, 5.74) is 1.07. The van der Waals surface area contributed by atoms with E-state index in [9.17, 15) is 9.59 Å². The average molecular weight is 389 g/mol. The van der Waals surface area contributed by atoms with Gasteiger partial charge in [-0.1, -0.05) is 75.2 Å². The molecule has 3 rings (SSSR count). The second-order valence-corrected chi connectivity index (χ2v) is 7.15. The quantitative estimate of drug-likeness (QED) is 0.368. The van der Waals surface area contributed by atoms with E-state index in [0.717, 1.165) is 36.5 Å². The molecule has 0 aliphatic rings. The zero-order valence-corrected chi connectivity index (χ0v) is 17.0. The molecule has 0 saturated heterocycles. The first-order chi connectivity index (χ1) is 14.1. The summed E-state index contributed by atoms with van der Waals surface area (Å²) in [5.74, 6) is -0.228. The molecule has 0 aliphatic heterocycles. The van der Waals surface area contributed by atoms with Gasteiger partial charge in [-0.2, -0.15) is 0 Å². The molecule has 1 N–H and O–H groups in total. The third kappa shape index (κ3) is 5.02. The van der Waals surface area contributed by atoms with Gasteiger partial charge < -0.3 is 10.1 Å². The van der Waals surface area contributed by atoms with Gasteiger partial charge in [0.2, 0.25) is 0 Å². The maximum atomic E-state index is 12.9. The van der Waals surface area contributed by atoms with Crippen molar-refractivity contribution in [1.82, 2.24) is 0 Å². The SMILES string of the molecule is CCCC[C@H](CC)C(=O)Oc1ccccc1NC(=O)c1cccc2ccccc12. The van der Waals surface area contributed by atoms with Gasteiger partial charge in [0.25, 0.3) is 5.91 Å². The van der Waals surface area contributed by atoms with Crippen LogP contribution in [0.5, 0.6) is 5.75 Å². The molecule has 0 aromatic heterocycles. The summed E-state index contributed by atoms with van der Waals surface area (Å²) in [6, 6.07) is 20.5. The zero-order chi connectivity index (χ0) is 20.6. The van der Waals surface area contributed by atoms with Gasteiger partial charge in [0, 0.05) is 5.56 Å². The topological polar surface area (TPSA) is 55.4 Å². The molecule has 4 nitrogen and oxygen atoms in total. The minimum absolute atomic E-state index is 0.128. The first-order valence-electron chi connectivity index (χ1n) is 10.2. The highest BCUT2D eigenvalue weighted by Crippen LogP contribution is 2.27. The van der Waals surface area contributed by atoms with Crippen molar-refractivity contribution in [3.63, 3.8) is 0 Å². The average Bonchev–Trinajstić information content (AvgIpc) is 2.75. The molecule has 1 amide bonds. The Bertz CT molecular complexity index is 991. The summed E-state index contributed by atoms with van der Waals surface area (Å²) in [6.07, 6.45) is 3.59. The Hall–Kier alpha value is -3.14. The minimum atomic E-state index is -0.243. The Morgan fingerprint density at radius 1 is 0.931 bits per heavy atom. The van der Waals surface area contributed by atoms with E-state index in [1.54, 1.807) is 24.3 Å². The van der Waals surface area contributed by atoms with Crippen LogP contribution >= 0.6 is 0 Å². The third-order valence-corrected chi connectivity index (χ3v) is 5.11. The van der Waals surface area contributed by atoms with E-state index in [2.05, 4.69) is 12.2 Å². The van der Waals surface area contributed by atoms with E-state index in [0.29, 0.717) is 17.0 Å². The van der Waals surface area contributed by atoms with Crippen LogP contribution in [-0.4, -0.2) is 11.9 Å². The number of nitrogens with one attached hydrogen (secondary N) is 1. The molecule has 0 spiro atoms. The van der Waals surface area contributed by atoms with Crippen LogP contribution in [0.1, 0.15) is 49.9 Å². The number of amides is 1. The minimum Gasteiger partial charge on any atom is -0.424 e. The van der Waals surface area contributed by atoms with Crippen molar-refractivity contribution < 1.29 is 14.3 Å². The second-order valence-electron chi connectivity index (χ2n) is 7.15. The highest BCUT2D eigenvalue weighted by Gasteiger charge is 2.20. The Morgan fingerprint density at radius 2 is 1.66 bits per heavy atom. The van der Waals surface area contributed by atoms with Gasteiger partial charge in [-0.3, -0.25) is 9.59 Å². The Morgan fingerprint density at radius 3 is 2.45 bits per heavy atom. The Balaban J connectivity index is 1.80. The number of hydrogen-bond acceptors (Lipinski definition) is 3. The van der Waals surface area contributed by atoms with Crippen molar-refractivity contribution in [3.8, 4) is 5.75 Å². The Labute approximate surface area is 171 Å². The number of unbranched alkanes of at least 4 members (excludes halogenated alkanes) is 1. The summed E-state index contributed by atoms with van der Waals surface area (Å²) >= 11 is 0. The van der Waals surface area contributed by atoms with Gasteiger partial charge in [-0.15, -0.1) is 0 Å². The molecule has 0 unspecified atom stereocenters. The summed E-state index contributed by atoms with van der Waals surface area (Å²) in [7, 11) is 0. The largest absolute Gasteiger partial charge is 0.424 e. The first-order valence-corrected chi connectivity index (χ1v) is 10.2. The molecule has 3 aromatic rings. The van der Waals surface area contributed by atoms with Crippen LogP contribution in [0.25, 0.3) is 10.8 Å². The molecule has 1 atom stereocenters. The Kier molecular flexibility index (Phi) is 7.01. The van der Waals surface area contributed by atoms with Gasteiger partial charge in [0.1, 0.15) is 0 Å². The molecule has 0 heterocycles. The number of benzene rings is 3. The number of ether oxygens (including phenoxy) is 1. The van der Waals surface area contributed by atoms with Gasteiger partial charge >= 0.3 is 5.97 Å². The predicted octanol–water partition coefficient (Wildman–Crippen LogP) is 6.21. The van der Waals surface area contributed by atoms with Gasteiger partial charge in [-0.05, 0) is 41.8 Å². The summed E-state index contributed by atoms with van der Waals surface area (Å²) in [6.45, 7) is 4.10. The molecule has 4 heteroatoms. The molecular formula is C25H27NO3. The number of carbonyl (C=O) groups is 2. The number of para-hydroxylation sites is 2. The van der Waals surface area contributed by atoms with Crippen molar-refractivity contribution in [2.75, 3.05) is 5.32 Å². The fourth-order valence-corrected chi connectivity index (χ4v) is 3.40. The van der Waals surface area contributed by atoms with Crippen LogP contribution in [0.3, 0.4) is 0 Å². The maximum absolute atomic E-state index is 12.9.